The minimum Gasteiger partial charge on any atom is -0.481 e. The molecule has 5 heteroatoms. The van der Waals surface area contributed by atoms with E-state index in [-0.39, 0.29) is 17.7 Å². The number of carboxylic acids is 1. The molecule has 0 spiro atoms. The molecule has 2 aliphatic carbocycles. The lowest BCUT2D eigenvalue weighted by molar-refractivity contribution is -0.148. The zero-order valence-electron chi connectivity index (χ0n) is 14.5. The molecule has 0 radical (unpaired) electrons. The molecular formula is C21H22N2O3. The number of carbonyl (C=O) groups is 2. The Morgan fingerprint density at radius 3 is 2.23 bits per heavy atom. The second-order valence-electron chi connectivity index (χ2n) is 7.44. The molecule has 4 unspecified atom stereocenters. The van der Waals surface area contributed by atoms with Gasteiger partial charge in [0.2, 0.25) is 5.91 Å². The summed E-state index contributed by atoms with van der Waals surface area (Å²) in [5.74, 6) is -1.53. The van der Waals surface area contributed by atoms with Gasteiger partial charge in [-0.25, -0.2) is 0 Å². The van der Waals surface area contributed by atoms with Gasteiger partial charge in [0.1, 0.15) is 0 Å². The smallest absolute Gasteiger partial charge is 0.307 e. The van der Waals surface area contributed by atoms with Gasteiger partial charge < -0.3 is 10.4 Å². The summed E-state index contributed by atoms with van der Waals surface area (Å²) in [6.07, 6.45) is 7.15. The normalized spacial score (nSPS) is 26.6. The Morgan fingerprint density at radius 2 is 1.58 bits per heavy atom. The summed E-state index contributed by atoms with van der Waals surface area (Å²) in [6.45, 7) is 0. The van der Waals surface area contributed by atoms with Gasteiger partial charge in [0.15, 0.2) is 0 Å². The van der Waals surface area contributed by atoms with Crippen LogP contribution in [-0.2, 0) is 16.0 Å². The van der Waals surface area contributed by atoms with E-state index in [2.05, 4.69) is 10.3 Å². The molecule has 2 bridgehead atoms. The molecule has 2 saturated carbocycles. The number of carbonyl (C=O) groups excluding carboxylic acids is 1. The van der Waals surface area contributed by atoms with Crippen molar-refractivity contribution in [3.05, 3.63) is 59.9 Å². The molecule has 1 amide bonds. The summed E-state index contributed by atoms with van der Waals surface area (Å²) >= 11 is 0. The summed E-state index contributed by atoms with van der Waals surface area (Å²) in [7, 11) is 0. The summed E-state index contributed by atoms with van der Waals surface area (Å²) < 4.78 is 0. The minimum atomic E-state index is -0.829. The number of benzene rings is 1. The van der Waals surface area contributed by atoms with E-state index in [0.717, 1.165) is 36.9 Å². The summed E-state index contributed by atoms with van der Waals surface area (Å²) in [5.41, 5.74) is 3.06. The number of hydrogen-bond donors (Lipinski definition) is 2. The number of carboxylic acid groups (broad SMARTS) is 1. The molecule has 2 aliphatic rings. The third-order valence-corrected chi connectivity index (χ3v) is 5.88. The van der Waals surface area contributed by atoms with E-state index in [0.29, 0.717) is 0 Å². The van der Waals surface area contributed by atoms with Gasteiger partial charge in [-0.15, -0.1) is 0 Å². The van der Waals surface area contributed by atoms with Gasteiger partial charge in [-0.1, -0.05) is 12.1 Å². The third kappa shape index (κ3) is 3.21. The molecule has 4 atom stereocenters. The number of fused-ring (bicyclic) bond motifs is 2. The summed E-state index contributed by atoms with van der Waals surface area (Å²) in [6, 6.07) is 11.7. The Hall–Kier alpha value is -2.69. The number of nitrogens with zero attached hydrogens (tertiary/aromatic N) is 1. The van der Waals surface area contributed by atoms with E-state index in [1.807, 2.05) is 36.4 Å². The molecule has 134 valence electrons. The maximum absolute atomic E-state index is 12.7. The summed E-state index contributed by atoms with van der Waals surface area (Å²) in [4.78, 5) is 28.3. The molecule has 1 aromatic carbocycles. The molecule has 5 nitrogen and oxygen atoms in total. The first-order valence-corrected chi connectivity index (χ1v) is 9.13. The summed E-state index contributed by atoms with van der Waals surface area (Å²) in [5, 5.41) is 12.4. The zero-order valence-corrected chi connectivity index (χ0v) is 14.5. The Bertz CT molecular complexity index is 804. The van der Waals surface area contributed by atoms with Crippen LogP contribution in [0, 0.1) is 23.7 Å². The van der Waals surface area contributed by atoms with Crippen molar-refractivity contribution in [2.75, 3.05) is 5.32 Å². The Labute approximate surface area is 152 Å². The van der Waals surface area contributed by atoms with E-state index in [1.165, 1.54) is 5.56 Å². The molecule has 2 fully saturated rings. The highest BCUT2D eigenvalue weighted by Crippen LogP contribution is 2.52. The Balaban J connectivity index is 1.42. The fourth-order valence-electron chi connectivity index (χ4n) is 4.69. The van der Waals surface area contributed by atoms with Gasteiger partial charge in [0, 0.05) is 18.1 Å². The van der Waals surface area contributed by atoms with Crippen LogP contribution in [0.3, 0.4) is 0 Å². The fraction of sp³-hybridized carbons (Fsp3) is 0.381. The number of anilines is 1. The van der Waals surface area contributed by atoms with E-state index >= 15 is 0 Å². The standard InChI is InChI=1S/C21H22N2O3/c24-20(18-15-3-4-16(12-15)19(18)21(25)26)23-17-5-1-13(2-6-17)11-14-7-9-22-10-8-14/h1-2,5-10,15-16,18-19H,3-4,11-12H2,(H,23,24)(H,25,26). The molecule has 2 aromatic rings. The average Bonchev–Trinajstić information content (AvgIpc) is 3.25. The molecule has 4 rings (SSSR count). The van der Waals surface area contributed by atoms with Gasteiger partial charge in [0.05, 0.1) is 11.8 Å². The highest BCUT2D eigenvalue weighted by molar-refractivity contribution is 5.96. The molecule has 0 saturated heterocycles. The molecule has 1 heterocycles. The van der Waals surface area contributed by atoms with Crippen molar-refractivity contribution in [1.82, 2.24) is 4.98 Å². The molecule has 1 aromatic heterocycles. The first-order valence-electron chi connectivity index (χ1n) is 9.13. The van der Waals surface area contributed by atoms with E-state index in [4.69, 9.17) is 0 Å². The highest BCUT2D eigenvalue weighted by Gasteiger charge is 2.53. The van der Waals surface area contributed by atoms with Gasteiger partial charge in [-0.2, -0.15) is 0 Å². The quantitative estimate of drug-likeness (QED) is 0.867. The average molecular weight is 350 g/mol. The van der Waals surface area contributed by atoms with Gasteiger partial charge in [-0.05, 0) is 72.9 Å². The lowest BCUT2D eigenvalue weighted by Crippen LogP contribution is -2.37. The van der Waals surface area contributed by atoms with Gasteiger partial charge in [-0.3, -0.25) is 14.6 Å². The Kier molecular flexibility index (Phi) is 4.45. The van der Waals surface area contributed by atoms with Crippen molar-refractivity contribution in [2.24, 2.45) is 23.7 Å². The molecule has 0 aliphatic heterocycles. The van der Waals surface area contributed by atoms with Crippen LogP contribution in [-0.4, -0.2) is 22.0 Å². The van der Waals surface area contributed by atoms with Crippen molar-refractivity contribution in [1.29, 1.82) is 0 Å². The fourth-order valence-corrected chi connectivity index (χ4v) is 4.69. The van der Waals surface area contributed by atoms with Crippen LogP contribution in [0.25, 0.3) is 0 Å². The number of hydrogen-bond acceptors (Lipinski definition) is 3. The first-order chi connectivity index (χ1) is 12.6. The first kappa shape index (κ1) is 16.8. The maximum Gasteiger partial charge on any atom is 0.307 e. The van der Waals surface area contributed by atoms with Gasteiger partial charge >= 0.3 is 5.97 Å². The molecule has 2 N–H and O–H groups in total. The predicted molar refractivity (Wildman–Crippen MR) is 97.6 cm³/mol. The van der Waals surface area contributed by atoms with Gasteiger partial charge in [0.25, 0.3) is 0 Å². The number of rotatable bonds is 5. The van der Waals surface area contributed by atoms with Crippen molar-refractivity contribution in [3.63, 3.8) is 0 Å². The third-order valence-electron chi connectivity index (χ3n) is 5.88. The van der Waals surface area contributed by atoms with Crippen molar-refractivity contribution >= 4 is 17.6 Å². The van der Waals surface area contributed by atoms with Crippen LogP contribution in [0.5, 0.6) is 0 Å². The van der Waals surface area contributed by atoms with Crippen molar-refractivity contribution in [3.8, 4) is 0 Å². The topological polar surface area (TPSA) is 79.3 Å². The monoisotopic (exact) mass is 350 g/mol. The van der Waals surface area contributed by atoms with E-state index < -0.39 is 17.8 Å². The van der Waals surface area contributed by atoms with Crippen LogP contribution in [0.4, 0.5) is 5.69 Å². The number of nitrogens with one attached hydrogen (secondary N) is 1. The van der Waals surface area contributed by atoms with E-state index in [9.17, 15) is 14.7 Å². The van der Waals surface area contributed by atoms with Crippen LogP contribution in [0.15, 0.2) is 48.8 Å². The number of pyridine rings is 1. The lowest BCUT2D eigenvalue weighted by Gasteiger charge is -2.27. The number of aromatic nitrogens is 1. The molecule has 26 heavy (non-hydrogen) atoms. The molecular weight excluding hydrogens is 328 g/mol. The Morgan fingerprint density at radius 1 is 0.962 bits per heavy atom. The largest absolute Gasteiger partial charge is 0.481 e. The number of aliphatic carboxylic acids is 1. The van der Waals surface area contributed by atoms with Crippen LogP contribution in [0.1, 0.15) is 30.4 Å². The van der Waals surface area contributed by atoms with Crippen LogP contribution >= 0.6 is 0 Å². The lowest BCUT2D eigenvalue weighted by atomic mass is 9.78. The van der Waals surface area contributed by atoms with Crippen molar-refractivity contribution in [2.45, 2.75) is 25.7 Å². The second-order valence-corrected chi connectivity index (χ2v) is 7.44. The highest BCUT2D eigenvalue weighted by atomic mass is 16.4. The predicted octanol–water partition coefficient (Wildman–Crippen LogP) is 3.36. The maximum atomic E-state index is 12.7. The second kappa shape index (κ2) is 6.90. The number of amides is 1. The van der Waals surface area contributed by atoms with Crippen molar-refractivity contribution < 1.29 is 14.7 Å². The minimum absolute atomic E-state index is 0.147. The zero-order chi connectivity index (χ0) is 18.1. The van der Waals surface area contributed by atoms with E-state index in [1.54, 1.807) is 12.4 Å². The SMILES string of the molecule is O=C(O)C1C2CCC(C2)C1C(=O)Nc1ccc(Cc2ccncc2)cc1. The van der Waals surface area contributed by atoms with Crippen LogP contribution < -0.4 is 5.32 Å². The van der Waals surface area contributed by atoms with Crippen LogP contribution in [0.2, 0.25) is 0 Å².